The summed E-state index contributed by atoms with van der Waals surface area (Å²) in [4.78, 5) is -0.0446. The van der Waals surface area contributed by atoms with E-state index in [-0.39, 0.29) is 10.6 Å². The number of primary sulfonamides is 1. The Morgan fingerprint density at radius 1 is 1.35 bits per heavy atom. The van der Waals surface area contributed by atoms with Gasteiger partial charge < -0.3 is 10.5 Å². The summed E-state index contributed by atoms with van der Waals surface area (Å²) in [6.07, 6.45) is 3.50. The number of nitrogen functional groups attached to an aromatic ring is 1. The Balaban J connectivity index is 2.19. The molecule has 0 amide bonds. The van der Waals surface area contributed by atoms with Gasteiger partial charge in [0.2, 0.25) is 10.0 Å². The lowest BCUT2D eigenvalue weighted by molar-refractivity contribution is 0.177. The van der Waals surface area contributed by atoms with Crippen molar-refractivity contribution >= 4 is 15.7 Å². The average molecular weight is 256 g/mol. The molecule has 0 heterocycles. The molecule has 1 aliphatic rings. The van der Waals surface area contributed by atoms with E-state index in [1.165, 1.54) is 12.5 Å². The van der Waals surface area contributed by atoms with Crippen molar-refractivity contribution in [3.63, 3.8) is 0 Å². The maximum atomic E-state index is 11.4. The second-order valence-corrected chi connectivity index (χ2v) is 5.89. The molecule has 0 unspecified atom stereocenters. The number of anilines is 1. The van der Waals surface area contributed by atoms with E-state index in [1.54, 1.807) is 12.1 Å². The molecule has 0 bridgehead atoms. The Kier molecular flexibility index (Phi) is 3.26. The molecule has 1 aliphatic carbocycles. The first-order valence-electron chi connectivity index (χ1n) is 5.52. The SMILES string of the molecule is Nc1ccc(OCC2CCC2)c(S(N)(=O)=O)c1. The second-order valence-electron chi connectivity index (χ2n) is 4.36. The zero-order valence-electron chi connectivity index (χ0n) is 9.43. The second kappa shape index (κ2) is 4.54. The number of hydrogen-bond acceptors (Lipinski definition) is 4. The summed E-state index contributed by atoms with van der Waals surface area (Å²) in [7, 11) is -3.80. The zero-order valence-corrected chi connectivity index (χ0v) is 10.2. The Hall–Kier alpha value is -1.27. The minimum Gasteiger partial charge on any atom is -0.492 e. The van der Waals surface area contributed by atoms with Crippen LogP contribution in [0.1, 0.15) is 19.3 Å². The Morgan fingerprint density at radius 2 is 2.06 bits per heavy atom. The van der Waals surface area contributed by atoms with Gasteiger partial charge >= 0.3 is 0 Å². The smallest absolute Gasteiger partial charge is 0.241 e. The van der Waals surface area contributed by atoms with Crippen LogP contribution in [-0.4, -0.2) is 15.0 Å². The topological polar surface area (TPSA) is 95.4 Å². The molecule has 0 aliphatic heterocycles. The lowest BCUT2D eigenvalue weighted by Gasteiger charge is -2.25. The molecule has 0 aromatic heterocycles. The summed E-state index contributed by atoms with van der Waals surface area (Å²) in [6, 6.07) is 4.48. The maximum Gasteiger partial charge on any atom is 0.241 e. The van der Waals surface area contributed by atoms with Gasteiger partial charge in [0.1, 0.15) is 10.6 Å². The van der Waals surface area contributed by atoms with Gasteiger partial charge in [-0.3, -0.25) is 0 Å². The van der Waals surface area contributed by atoms with Crippen molar-refractivity contribution in [1.29, 1.82) is 0 Å². The summed E-state index contributed by atoms with van der Waals surface area (Å²) >= 11 is 0. The van der Waals surface area contributed by atoms with E-state index in [0.717, 1.165) is 12.8 Å². The number of nitrogens with two attached hydrogens (primary N) is 2. The normalized spacial score (nSPS) is 16.5. The van der Waals surface area contributed by atoms with Gasteiger partial charge in [0, 0.05) is 5.69 Å². The predicted octanol–water partition coefficient (Wildman–Crippen LogP) is 1.10. The highest BCUT2D eigenvalue weighted by Gasteiger charge is 2.20. The lowest BCUT2D eigenvalue weighted by Crippen LogP contribution is -2.21. The van der Waals surface area contributed by atoms with Crippen LogP contribution in [0.3, 0.4) is 0 Å². The molecule has 17 heavy (non-hydrogen) atoms. The van der Waals surface area contributed by atoms with Gasteiger partial charge in [-0.15, -0.1) is 0 Å². The van der Waals surface area contributed by atoms with Crippen molar-refractivity contribution in [3.05, 3.63) is 18.2 Å². The first-order chi connectivity index (χ1) is 7.97. The third-order valence-electron chi connectivity index (χ3n) is 2.97. The fourth-order valence-corrected chi connectivity index (χ4v) is 2.44. The molecule has 1 saturated carbocycles. The number of hydrogen-bond donors (Lipinski definition) is 2. The standard InChI is InChI=1S/C11H16N2O3S/c12-9-4-5-10(11(6-9)17(13,14)15)16-7-8-2-1-3-8/h4-6,8H,1-3,7,12H2,(H2,13,14,15). The first-order valence-corrected chi connectivity index (χ1v) is 7.06. The van der Waals surface area contributed by atoms with Crippen LogP contribution in [0, 0.1) is 5.92 Å². The van der Waals surface area contributed by atoms with Gasteiger partial charge in [0.25, 0.3) is 0 Å². The fourth-order valence-electron chi connectivity index (χ4n) is 1.73. The van der Waals surface area contributed by atoms with E-state index in [0.29, 0.717) is 18.2 Å². The zero-order chi connectivity index (χ0) is 12.5. The maximum absolute atomic E-state index is 11.4. The molecule has 5 nitrogen and oxygen atoms in total. The van der Waals surface area contributed by atoms with Crippen LogP contribution in [0.25, 0.3) is 0 Å². The van der Waals surface area contributed by atoms with Crippen LogP contribution >= 0.6 is 0 Å². The van der Waals surface area contributed by atoms with Crippen molar-refractivity contribution in [2.75, 3.05) is 12.3 Å². The molecule has 6 heteroatoms. The number of benzene rings is 1. The van der Waals surface area contributed by atoms with E-state index in [1.807, 2.05) is 0 Å². The van der Waals surface area contributed by atoms with Crippen LogP contribution < -0.4 is 15.6 Å². The molecular formula is C11H16N2O3S. The number of sulfonamides is 1. The molecule has 0 saturated heterocycles. The van der Waals surface area contributed by atoms with Crippen molar-refractivity contribution < 1.29 is 13.2 Å². The minimum absolute atomic E-state index is 0.0446. The van der Waals surface area contributed by atoms with Gasteiger partial charge in [-0.1, -0.05) is 6.42 Å². The van der Waals surface area contributed by atoms with Gasteiger partial charge in [0.05, 0.1) is 6.61 Å². The lowest BCUT2D eigenvalue weighted by atomic mass is 9.86. The van der Waals surface area contributed by atoms with Gasteiger partial charge in [-0.05, 0) is 37.0 Å². The minimum atomic E-state index is -3.80. The van der Waals surface area contributed by atoms with Crippen molar-refractivity contribution in [2.24, 2.45) is 11.1 Å². The highest BCUT2D eigenvalue weighted by molar-refractivity contribution is 7.89. The highest BCUT2D eigenvalue weighted by atomic mass is 32.2. The summed E-state index contributed by atoms with van der Waals surface area (Å²) < 4.78 is 28.3. The number of ether oxygens (including phenoxy) is 1. The number of rotatable bonds is 4. The van der Waals surface area contributed by atoms with Crippen LogP contribution in [0.5, 0.6) is 5.75 Å². The molecule has 0 radical (unpaired) electrons. The molecular weight excluding hydrogens is 240 g/mol. The molecule has 2 rings (SSSR count). The summed E-state index contributed by atoms with van der Waals surface area (Å²) in [5, 5.41) is 5.12. The van der Waals surface area contributed by atoms with E-state index in [9.17, 15) is 8.42 Å². The van der Waals surface area contributed by atoms with Gasteiger partial charge in [-0.2, -0.15) is 0 Å². The predicted molar refractivity (Wildman–Crippen MR) is 65.1 cm³/mol. The molecule has 0 atom stereocenters. The Morgan fingerprint density at radius 3 is 2.59 bits per heavy atom. The molecule has 94 valence electrons. The third kappa shape index (κ3) is 2.89. The van der Waals surface area contributed by atoms with Crippen molar-refractivity contribution in [3.8, 4) is 5.75 Å². The summed E-state index contributed by atoms with van der Waals surface area (Å²) in [6.45, 7) is 0.534. The van der Waals surface area contributed by atoms with Crippen LogP contribution in [-0.2, 0) is 10.0 Å². The largest absolute Gasteiger partial charge is 0.492 e. The van der Waals surface area contributed by atoms with E-state index < -0.39 is 10.0 Å². The Bertz CT molecular complexity index is 509. The molecule has 0 spiro atoms. The summed E-state index contributed by atoms with van der Waals surface area (Å²) in [5.41, 5.74) is 5.89. The first kappa shape index (κ1) is 12.2. The molecule has 1 aromatic carbocycles. The quantitative estimate of drug-likeness (QED) is 0.788. The molecule has 4 N–H and O–H groups in total. The van der Waals surface area contributed by atoms with E-state index >= 15 is 0 Å². The van der Waals surface area contributed by atoms with E-state index in [4.69, 9.17) is 15.6 Å². The molecule has 1 fully saturated rings. The van der Waals surface area contributed by atoms with Crippen molar-refractivity contribution in [2.45, 2.75) is 24.2 Å². The highest BCUT2D eigenvalue weighted by Crippen LogP contribution is 2.30. The van der Waals surface area contributed by atoms with Crippen molar-refractivity contribution in [1.82, 2.24) is 0 Å². The monoisotopic (exact) mass is 256 g/mol. The summed E-state index contributed by atoms with van der Waals surface area (Å²) in [5.74, 6) is 0.814. The van der Waals surface area contributed by atoms with Gasteiger partial charge in [-0.25, -0.2) is 13.6 Å². The third-order valence-corrected chi connectivity index (χ3v) is 3.91. The van der Waals surface area contributed by atoms with E-state index in [2.05, 4.69) is 0 Å². The molecule has 1 aromatic rings. The van der Waals surface area contributed by atoms with Crippen LogP contribution in [0.15, 0.2) is 23.1 Å². The van der Waals surface area contributed by atoms with Crippen LogP contribution in [0.4, 0.5) is 5.69 Å². The van der Waals surface area contributed by atoms with Crippen LogP contribution in [0.2, 0.25) is 0 Å². The Labute approximate surface area is 101 Å². The average Bonchev–Trinajstić information content (AvgIpc) is 2.16. The fraction of sp³-hybridized carbons (Fsp3) is 0.455. The van der Waals surface area contributed by atoms with Gasteiger partial charge in [0.15, 0.2) is 0 Å².